The topological polar surface area (TPSA) is 38.8 Å². The van der Waals surface area contributed by atoms with Gasteiger partial charge in [0.15, 0.2) is 11.9 Å². The minimum absolute atomic E-state index is 0.122. The first-order valence-electron chi connectivity index (χ1n) is 8.43. The Morgan fingerprint density at radius 1 is 0.923 bits per heavy atom. The summed E-state index contributed by atoms with van der Waals surface area (Å²) in [6.45, 7) is 0.387. The van der Waals surface area contributed by atoms with E-state index in [-0.39, 0.29) is 17.7 Å². The number of rotatable bonds is 6. The molecule has 3 nitrogen and oxygen atoms in total. The van der Waals surface area contributed by atoms with Gasteiger partial charge in [-0.05, 0) is 35.4 Å². The Kier molecular flexibility index (Phi) is 4.50. The molecule has 0 amide bonds. The zero-order chi connectivity index (χ0) is 17.9. The summed E-state index contributed by atoms with van der Waals surface area (Å²) in [6.07, 6.45) is -0.882. The predicted molar refractivity (Wildman–Crippen MR) is 95.6 cm³/mol. The lowest BCUT2D eigenvalue weighted by Gasteiger charge is -2.10. The molecule has 1 aliphatic heterocycles. The summed E-state index contributed by atoms with van der Waals surface area (Å²) in [4.78, 5) is 12.8. The molecule has 26 heavy (non-hydrogen) atoms. The van der Waals surface area contributed by atoms with Crippen molar-refractivity contribution in [3.63, 3.8) is 0 Å². The smallest absolute Gasteiger partial charge is 0.198 e. The van der Waals surface area contributed by atoms with E-state index in [0.717, 1.165) is 11.1 Å². The average molecular weight is 348 g/mol. The molecule has 4 rings (SSSR count). The maximum Gasteiger partial charge on any atom is 0.198 e. The number of benzene rings is 3. The maximum absolute atomic E-state index is 13.0. The summed E-state index contributed by atoms with van der Waals surface area (Å²) in [6, 6.07) is 23.0. The van der Waals surface area contributed by atoms with Crippen LogP contribution in [0.25, 0.3) is 0 Å². The minimum atomic E-state index is -0.554. The van der Waals surface area contributed by atoms with Crippen molar-refractivity contribution in [2.75, 3.05) is 0 Å². The van der Waals surface area contributed by atoms with Gasteiger partial charge in [-0.15, -0.1) is 0 Å². The average Bonchev–Trinajstić information content (AvgIpc) is 3.48. The number of halogens is 1. The summed E-state index contributed by atoms with van der Waals surface area (Å²) in [5.74, 6) is 0.106. The van der Waals surface area contributed by atoms with E-state index in [1.165, 1.54) is 12.1 Å². The summed E-state index contributed by atoms with van der Waals surface area (Å²) >= 11 is 0. The van der Waals surface area contributed by atoms with Crippen LogP contribution in [0, 0.1) is 5.82 Å². The molecule has 4 heteroatoms. The molecule has 3 aromatic carbocycles. The lowest BCUT2D eigenvalue weighted by molar-refractivity contribution is 0.0949. The summed E-state index contributed by atoms with van der Waals surface area (Å²) in [5, 5.41) is 0. The number of carbonyl (C=O) groups is 1. The molecule has 0 bridgehead atoms. The Morgan fingerprint density at radius 2 is 1.62 bits per heavy atom. The first kappa shape index (κ1) is 16.5. The predicted octanol–water partition coefficient (Wildman–Crippen LogP) is 4.73. The molecule has 0 aromatic heterocycles. The van der Waals surface area contributed by atoms with E-state index in [0.29, 0.717) is 17.9 Å². The Labute approximate surface area is 151 Å². The highest BCUT2D eigenvalue weighted by Crippen LogP contribution is 2.41. The molecule has 2 atom stereocenters. The molecule has 130 valence electrons. The number of carbonyl (C=O) groups excluding carboxylic acids is 1. The van der Waals surface area contributed by atoms with E-state index < -0.39 is 6.10 Å². The molecule has 0 radical (unpaired) electrons. The monoisotopic (exact) mass is 348 g/mol. The lowest BCUT2D eigenvalue weighted by Crippen LogP contribution is -2.10. The van der Waals surface area contributed by atoms with Crippen molar-refractivity contribution in [1.29, 1.82) is 0 Å². The zero-order valence-electron chi connectivity index (χ0n) is 14.0. The second kappa shape index (κ2) is 7.10. The van der Waals surface area contributed by atoms with Crippen LogP contribution in [0.4, 0.5) is 4.39 Å². The van der Waals surface area contributed by atoms with E-state index >= 15 is 0 Å². The van der Waals surface area contributed by atoms with Crippen molar-refractivity contribution in [3.8, 4) is 5.75 Å². The fourth-order valence-electron chi connectivity index (χ4n) is 2.90. The molecule has 2 unspecified atom stereocenters. The molecule has 1 saturated heterocycles. The van der Waals surface area contributed by atoms with E-state index in [9.17, 15) is 9.18 Å². The molecule has 0 N–H and O–H groups in total. The Morgan fingerprint density at radius 3 is 2.38 bits per heavy atom. The van der Waals surface area contributed by atoms with Gasteiger partial charge >= 0.3 is 0 Å². The first-order chi connectivity index (χ1) is 12.7. The van der Waals surface area contributed by atoms with E-state index in [1.807, 2.05) is 36.4 Å². The molecule has 0 aliphatic carbocycles. The third kappa shape index (κ3) is 3.51. The van der Waals surface area contributed by atoms with Crippen LogP contribution in [0.15, 0.2) is 78.9 Å². The first-order valence-corrected chi connectivity index (χ1v) is 8.43. The van der Waals surface area contributed by atoms with Gasteiger partial charge in [0.05, 0.1) is 5.56 Å². The van der Waals surface area contributed by atoms with Gasteiger partial charge in [0.25, 0.3) is 0 Å². The summed E-state index contributed by atoms with van der Waals surface area (Å²) in [7, 11) is 0. The van der Waals surface area contributed by atoms with Crippen LogP contribution < -0.4 is 4.74 Å². The molecular weight excluding hydrogens is 331 g/mol. The van der Waals surface area contributed by atoms with Crippen LogP contribution >= 0.6 is 0 Å². The number of para-hydroxylation sites is 1. The van der Waals surface area contributed by atoms with Gasteiger partial charge in [0.1, 0.15) is 24.3 Å². The van der Waals surface area contributed by atoms with Gasteiger partial charge < -0.3 is 9.47 Å². The zero-order valence-corrected chi connectivity index (χ0v) is 14.0. The number of Topliss-reactive ketones (excluding diaryl/α,β-unsaturated/α-hetero) is 1. The van der Waals surface area contributed by atoms with Gasteiger partial charge in [-0.1, -0.05) is 54.6 Å². The Bertz CT molecular complexity index is 906. The number of ether oxygens (including phenoxy) is 2. The SMILES string of the molecule is O=C(c1ccccc1OCc1ccccc1)C1OC1c1ccc(F)cc1. The van der Waals surface area contributed by atoms with Crippen molar-refractivity contribution in [3.05, 3.63) is 101 Å². The highest BCUT2D eigenvalue weighted by molar-refractivity contribution is 6.03. The highest BCUT2D eigenvalue weighted by Gasteiger charge is 2.46. The largest absolute Gasteiger partial charge is 0.488 e. The van der Waals surface area contributed by atoms with Gasteiger partial charge in [0.2, 0.25) is 0 Å². The van der Waals surface area contributed by atoms with E-state index in [1.54, 1.807) is 30.3 Å². The highest BCUT2D eigenvalue weighted by atomic mass is 19.1. The Hall–Kier alpha value is -2.98. The van der Waals surface area contributed by atoms with Gasteiger partial charge in [-0.25, -0.2) is 4.39 Å². The second-order valence-electron chi connectivity index (χ2n) is 6.16. The molecule has 0 saturated carbocycles. The van der Waals surface area contributed by atoms with Crippen LogP contribution in [0.2, 0.25) is 0 Å². The number of ketones is 1. The fourth-order valence-corrected chi connectivity index (χ4v) is 2.90. The van der Waals surface area contributed by atoms with Gasteiger partial charge in [-0.3, -0.25) is 4.79 Å². The van der Waals surface area contributed by atoms with E-state index in [4.69, 9.17) is 9.47 Å². The van der Waals surface area contributed by atoms with Crippen molar-refractivity contribution in [1.82, 2.24) is 0 Å². The van der Waals surface area contributed by atoms with Crippen LogP contribution in [-0.2, 0) is 11.3 Å². The summed E-state index contributed by atoms with van der Waals surface area (Å²) < 4.78 is 24.4. The second-order valence-corrected chi connectivity index (χ2v) is 6.16. The Balaban J connectivity index is 1.48. The van der Waals surface area contributed by atoms with Crippen molar-refractivity contribution in [2.24, 2.45) is 0 Å². The standard InChI is InChI=1S/C22H17FO3/c23-17-12-10-16(11-13-17)21-22(26-21)20(24)18-8-4-5-9-19(18)25-14-15-6-2-1-3-7-15/h1-13,21-22H,14H2. The van der Waals surface area contributed by atoms with Gasteiger partial charge in [0, 0.05) is 0 Å². The lowest BCUT2D eigenvalue weighted by atomic mass is 10.0. The normalized spacial score (nSPS) is 18.3. The third-order valence-corrected chi connectivity index (χ3v) is 4.34. The van der Waals surface area contributed by atoms with Crippen molar-refractivity contribution < 1.29 is 18.7 Å². The molecule has 1 fully saturated rings. The number of epoxide rings is 1. The van der Waals surface area contributed by atoms with Gasteiger partial charge in [-0.2, -0.15) is 0 Å². The van der Waals surface area contributed by atoms with Crippen LogP contribution in [0.5, 0.6) is 5.75 Å². The quantitative estimate of drug-likeness (QED) is 0.478. The number of hydrogen-bond acceptors (Lipinski definition) is 3. The molecule has 0 spiro atoms. The van der Waals surface area contributed by atoms with Crippen LogP contribution in [-0.4, -0.2) is 11.9 Å². The van der Waals surface area contributed by atoms with Crippen molar-refractivity contribution in [2.45, 2.75) is 18.8 Å². The van der Waals surface area contributed by atoms with Crippen LogP contribution in [0.3, 0.4) is 0 Å². The van der Waals surface area contributed by atoms with Crippen molar-refractivity contribution >= 4 is 5.78 Å². The summed E-state index contributed by atoms with van der Waals surface area (Å²) in [5.41, 5.74) is 2.33. The number of hydrogen-bond donors (Lipinski definition) is 0. The minimum Gasteiger partial charge on any atom is -0.488 e. The van der Waals surface area contributed by atoms with E-state index in [2.05, 4.69) is 0 Å². The molecule has 1 aliphatic rings. The maximum atomic E-state index is 13.0. The molecule has 1 heterocycles. The molecule has 3 aromatic rings. The van der Waals surface area contributed by atoms with Crippen LogP contribution in [0.1, 0.15) is 27.6 Å². The third-order valence-electron chi connectivity index (χ3n) is 4.34. The fraction of sp³-hybridized carbons (Fsp3) is 0.136. The molecular formula is C22H17FO3.